The molecule has 1 saturated carbocycles. The number of nitrogens with zero attached hydrogens (tertiary/aromatic N) is 3. The van der Waals surface area contributed by atoms with Crippen molar-refractivity contribution in [1.29, 1.82) is 0 Å². The van der Waals surface area contributed by atoms with E-state index in [0.717, 1.165) is 6.07 Å². The first-order valence-corrected chi connectivity index (χ1v) is 13.9. The summed E-state index contributed by atoms with van der Waals surface area (Å²) in [7, 11) is 1.28. The van der Waals surface area contributed by atoms with Crippen molar-refractivity contribution in [3.63, 3.8) is 0 Å². The lowest BCUT2D eigenvalue weighted by molar-refractivity contribution is -0.139. The van der Waals surface area contributed by atoms with Crippen molar-refractivity contribution in [1.82, 2.24) is 15.5 Å². The molecule has 9 nitrogen and oxygen atoms in total. The molecule has 0 spiro atoms. The minimum Gasteiger partial charge on any atom is -0.464 e. The van der Waals surface area contributed by atoms with E-state index in [-0.39, 0.29) is 35.3 Å². The van der Waals surface area contributed by atoms with Gasteiger partial charge in [0.05, 0.1) is 24.3 Å². The van der Waals surface area contributed by atoms with Crippen LogP contribution in [-0.4, -0.2) is 41.6 Å². The summed E-state index contributed by atoms with van der Waals surface area (Å²) in [4.78, 5) is 34.2. The molecule has 3 heterocycles. The fourth-order valence-electron chi connectivity index (χ4n) is 5.10. The first-order chi connectivity index (χ1) is 19.3. The van der Waals surface area contributed by atoms with Crippen LogP contribution in [0, 0.1) is 17.6 Å². The number of rotatable bonds is 7. The Labute approximate surface area is 237 Å². The number of allylic oxidation sites excluding steroid dienone is 1. The third-order valence-electron chi connectivity index (χ3n) is 7.03. The van der Waals surface area contributed by atoms with Gasteiger partial charge in [0.1, 0.15) is 11.8 Å². The van der Waals surface area contributed by atoms with Gasteiger partial charge in [-0.3, -0.25) is 4.99 Å². The molecule has 0 amide bonds. The molecule has 1 fully saturated rings. The molecule has 13 heteroatoms. The number of methoxy groups -OCH3 is 1. The second-order valence-corrected chi connectivity index (χ2v) is 10.6. The zero-order valence-electron chi connectivity index (χ0n) is 21.6. The van der Waals surface area contributed by atoms with Crippen LogP contribution in [0.4, 0.5) is 8.78 Å². The van der Waals surface area contributed by atoms with Crippen LogP contribution in [0.3, 0.4) is 0 Å². The lowest BCUT2D eigenvalue weighted by atomic mass is 9.77. The maximum atomic E-state index is 14.6. The third kappa shape index (κ3) is 5.37. The van der Waals surface area contributed by atoms with Gasteiger partial charge in [-0.15, -0.1) is 11.3 Å². The van der Waals surface area contributed by atoms with Crippen LogP contribution in [0.25, 0.3) is 0 Å². The van der Waals surface area contributed by atoms with E-state index in [4.69, 9.17) is 30.6 Å². The number of thiazole rings is 1. The van der Waals surface area contributed by atoms with Crippen LogP contribution in [-0.2, 0) is 14.3 Å². The number of aromatic nitrogens is 2. The Morgan fingerprint density at radius 3 is 2.60 bits per heavy atom. The van der Waals surface area contributed by atoms with Gasteiger partial charge in [-0.25, -0.2) is 23.4 Å². The fraction of sp³-hybridized carbons (Fsp3) is 0.370. The molecular weight excluding hydrogens is 566 g/mol. The van der Waals surface area contributed by atoms with E-state index in [0.29, 0.717) is 48.0 Å². The van der Waals surface area contributed by atoms with Gasteiger partial charge in [0.25, 0.3) is 0 Å². The predicted molar refractivity (Wildman–Crippen MR) is 142 cm³/mol. The number of benzene rings is 1. The second-order valence-electron chi connectivity index (χ2n) is 9.31. The first-order valence-electron chi connectivity index (χ1n) is 12.7. The quantitative estimate of drug-likeness (QED) is 0.274. The molecule has 1 N–H and O–H groups in total. The Bertz CT molecular complexity index is 1480. The molecule has 1 unspecified atom stereocenters. The van der Waals surface area contributed by atoms with Gasteiger partial charge in [0.15, 0.2) is 28.2 Å². The Morgan fingerprint density at radius 2 is 1.93 bits per heavy atom. The van der Waals surface area contributed by atoms with Crippen molar-refractivity contribution in [3.05, 3.63) is 79.7 Å². The number of hydrogen-bond acceptors (Lipinski definition) is 10. The maximum Gasteiger partial charge on any atom is 0.360 e. The molecule has 1 aliphatic heterocycles. The zero-order valence-corrected chi connectivity index (χ0v) is 23.2. The van der Waals surface area contributed by atoms with Crippen molar-refractivity contribution in [2.75, 3.05) is 13.7 Å². The van der Waals surface area contributed by atoms with Crippen LogP contribution in [0.15, 0.2) is 50.6 Å². The summed E-state index contributed by atoms with van der Waals surface area (Å²) in [6.07, 6.45) is 4.28. The molecule has 1 atom stereocenters. The van der Waals surface area contributed by atoms with Crippen LogP contribution in [0.2, 0.25) is 5.02 Å². The van der Waals surface area contributed by atoms with Crippen LogP contribution in [0.5, 0.6) is 0 Å². The van der Waals surface area contributed by atoms with Gasteiger partial charge in [-0.2, -0.15) is 0 Å². The van der Waals surface area contributed by atoms with E-state index in [1.54, 1.807) is 24.6 Å². The van der Waals surface area contributed by atoms with Crippen LogP contribution >= 0.6 is 22.9 Å². The summed E-state index contributed by atoms with van der Waals surface area (Å²) in [5.74, 6) is -2.65. The van der Waals surface area contributed by atoms with Crippen molar-refractivity contribution in [2.45, 2.75) is 44.6 Å². The third-order valence-corrected chi connectivity index (χ3v) is 8.19. The number of hydrogen-bond donors (Lipinski definition) is 1. The number of ether oxygens (including phenoxy) is 2. The highest BCUT2D eigenvalue weighted by Crippen LogP contribution is 2.44. The molecule has 40 heavy (non-hydrogen) atoms. The summed E-state index contributed by atoms with van der Waals surface area (Å²) in [5.41, 5.74) is 1.01. The van der Waals surface area contributed by atoms with Crippen molar-refractivity contribution in [3.8, 4) is 0 Å². The summed E-state index contributed by atoms with van der Waals surface area (Å²) in [6, 6.07) is 2.83. The van der Waals surface area contributed by atoms with E-state index in [9.17, 15) is 18.4 Å². The first kappa shape index (κ1) is 27.9. The molecule has 0 radical (unpaired) electrons. The summed E-state index contributed by atoms with van der Waals surface area (Å²) in [5, 5.41) is 9.01. The Hall–Kier alpha value is -3.64. The number of carbonyl (C=O) groups is 2. The number of nitrogens with one attached hydrogen (secondary N) is 1. The smallest absolute Gasteiger partial charge is 0.360 e. The number of aliphatic imine (C=N–C) groups is 1. The summed E-state index contributed by atoms with van der Waals surface area (Å²) < 4.78 is 44.0. The average molecular weight is 591 g/mol. The van der Waals surface area contributed by atoms with E-state index in [2.05, 4.69) is 15.5 Å². The number of carbonyl (C=O) groups excluding carboxylic acids is 2. The molecular formula is C27H25ClF2N4O5S. The molecule has 0 saturated heterocycles. The van der Waals surface area contributed by atoms with E-state index < -0.39 is 34.6 Å². The highest BCUT2D eigenvalue weighted by atomic mass is 35.5. The monoisotopic (exact) mass is 590 g/mol. The number of esters is 2. The lowest BCUT2D eigenvalue weighted by Gasteiger charge is -2.34. The van der Waals surface area contributed by atoms with E-state index in [1.807, 2.05) is 0 Å². The fourth-order valence-corrected chi connectivity index (χ4v) is 5.94. The number of halogens is 3. The van der Waals surface area contributed by atoms with Crippen molar-refractivity contribution in [2.24, 2.45) is 10.9 Å². The zero-order chi connectivity index (χ0) is 28.4. The largest absolute Gasteiger partial charge is 0.464 e. The molecule has 1 aliphatic carbocycles. The summed E-state index contributed by atoms with van der Waals surface area (Å²) >= 11 is 7.61. The average Bonchev–Trinajstić information content (AvgIpc) is 3.69. The molecule has 210 valence electrons. The van der Waals surface area contributed by atoms with E-state index >= 15 is 0 Å². The van der Waals surface area contributed by atoms with Gasteiger partial charge in [0, 0.05) is 34.8 Å². The standard InChI is InChI=1S/C27H25ClF2N4O5S/c1-3-38-27(36)19-22(14-6-4-13(5-7-14)18-12-17(34-39-18)26(35)37-2)32-24(25-31-10-11-40-25)33-23(19)15-8-9-16(29)21(30)20(15)28/h8-14,23H,3-7H2,1-2H3,(H,32,33). The van der Waals surface area contributed by atoms with Crippen LogP contribution < -0.4 is 5.32 Å². The molecule has 5 rings (SSSR count). The van der Waals surface area contributed by atoms with E-state index in [1.165, 1.54) is 24.5 Å². The van der Waals surface area contributed by atoms with Crippen molar-refractivity contribution < 1.29 is 32.4 Å². The SMILES string of the molecule is CCOC(=O)C1=C(C2CCC(c3cc(C(=O)OC)no3)CC2)NC(c2nccs2)=NC1c1ccc(F)c(F)c1Cl. The van der Waals surface area contributed by atoms with Crippen molar-refractivity contribution >= 4 is 40.7 Å². The Morgan fingerprint density at radius 1 is 1.18 bits per heavy atom. The van der Waals surface area contributed by atoms with Crippen LogP contribution in [0.1, 0.15) is 71.4 Å². The Balaban J connectivity index is 1.52. The van der Waals surface area contributed by atoms with Gasteiger partial charge in [-0.05, 0) is 44.6 Å². The highest BCUT2D eigenvalue weighted by Gasteiger charge is 2.39. The maximum absolute atomic E-state index is 14.6. The molecule has 3 aromatic rings. The molecule has 2 aromatic heterocycles. The minimum absolute atomic E-state index is 0.0147. The predicted octanol–water partition coefficient (Wildman–Crippen LogP) is 5.73. The highest BCUT2D eigenvalue weighted by molar-refractivity contribution is 7.11. The molecule has 0 bridgehead atoms. The lowest BCUT2D eigenvalue weighted by Crippen LogP contribution is -2.38. The van der Waals surface area contributed by atoms with Gasteiger partial charge < -0.3 is 19.3 Å². The second kappa shape index (κ2) is 11.8. The molecule has 2 aliphatic rings. The summed E-state index contributed by atoms with van der Waals surface area (Å²) in [6.45, 7) is 1.79. The Kier molecular flexibility index (Phi) is 8.27. The minimum atomic E-state index is -1.22. The van der Waals surface area contributed by atoms with Gasteiger partial charge in [-0.1, -0.05) is 22.8 Å². The normalized spacial score (nSPS) is 21.0. The topological polar surface area (TPSA) is 116 Å². The van der Waals surface area contributed by atoms with Gasteiger partial charge >= 0.3 is 11.9 Å². The molecule has 1 aromatic carbocycles. The van der Waals surface area contributed by atoms with Gasteiger partial charge in [0.2, 0.25) is 0 Å². The number of amidine groups is 1.